The van der Waals surface area contributed by atoms with Crippen molar-refractivity contribution in [3.63, 3.8) is 0 Å². The number of piperidine rings is 1. The maximum absolute atomic E-state index is 11.6. The van der Waals surface area contributed by atoms with Crippen LogP contribution >= 0.6 is 0 Å². The zero-order valence-electron chi connectivity index (χ0n) is 20.9. The molecule has 0 radical (unpaired) electrons. The minimum Gasteiger partial charge on any atom is -0.370 e. The van der Waals surface area contributed by atoms with Crippen molar-refractivity contribution in [2.45, 2.75) is 44.9 Å². The van der Waals surface area contributed by atoms with Gasteiger partial charge in [0.1, 0.15) is 6.07 Å². The topological polar surface area (TPSA) is 75.9 Å². The normalized spacial score (nSPS) is 25.1. The van der Waals surface area contributed by atoms with Gasteiger partial charge in [0.25, 0.3) is 0 Å². The van der Waals surface area contributed by atoms with Gasteiger partial charge >= 0.3 is 0 Å². The number of anilines is 1. The molecule has 1 aromatic heterocycles. The van der Waals surface area contributed by atoms with E-state index in [0.29, 0.717) is 11.6 Å². The van der Waals surface area contributed by atoms with E-state index >= 15 is 0 Å². The summed E-state index contributed by atoms with van der Waals surface area (Å²) in [5.41, 5.74) is 2.52. The lowest BCUT2D eigenvalue weighted by atomic mass is 10.0. The van der Waals surface area contributed by atoms with Crippen molar-refractivity contribution in [2.75, 3.05) is 63.8 Å². The van der Waals surface area contributed by atoms with Crippen LogP contribution in [-0.2, 0) is 9.53 Å². The molecule has 2 aromatic rings. The van der Waals surface area contributed by atoms with Gasteiger partial charge in [-0.05, 0) is 44.0 Å². The molecule has 3 aliphatic rings. The van der Waals surface area contributed by atoms with Crippen LogP contribution in [0.15, 0.2) is 30.5 Å². The number of hydrogen-bond acceptors (Lipinski definition) is 7. The van der Waals surface area contributed by atoms with Gasteiger partial charge in [-0.1, -0.05) is 0 Å². The summed E-state index contributed by atoms with van der Waals surface area (Å²) in [5.74, 6) is 0.203. The van der Waals surface area contributed by atoms with Crippen molar-refractivity contribution in [1.82, 2.24) is 19.7 Å². The van der Waals surface area contributed by atoms with Gasteiger partial charge in [0, 0.05) is 89.1 Å². The Labute approximate surface area is 208 Å². The third kappa shape index (κ3) is 5.27. The number of morpholine rings is 1. The molecule has 2 atom stereocenters. The highest BCUT2D eigenvalue weighted by Gasteiger charge is 2.31. The molecule has 1 aromatic carbocycles. The highest BCUT2D eigenvalue weighted by atomic mass is 16.5. The van der Waals surface area contributed by atoms with Gasteiger partial charge in [-0.2, -0.15) is 5.26 Å². The molecule has 3 saturated heterocycles. The highest BCUT2D eigenvalue weighted by molar-refractivity contribution is 5.95. The Morgan fingerprint density at radius 2 is 1.89 bits per heavy atom. The Kier molecular flexibility index (Phi) is 7.19. The quantitative estimate of drug-likeness (QED) is 0.670. The van der Waals surface area contributed by atoms with Crippen LogP contribution in [0.1, 0.15) is 32.3 Å². The number of carbonyl (C=O) groups is 1. The number of aromatic nitrogens is 1. The number of benzene rings is 1. The molecule has 3 aliphatic heterocycles. The lowest BCUT2D eigenvalue weighted by Gasteiger charge is -2.44. The van der Waals surface area contributed by atoms with Crippen molar-refractivity contribution in [3.8, 4) is 6.07 Å². The molecule has 3 fully saturated rings. The number of ether oxygens (including phenoxy) is 1. The second kappa shape index (κ2) is 10.5. The Morgan fingerprint density at radius 1 is 1.11 bits per heavy atom. The molecule has 1 amide bonds. The van der Waals surface area contributed by atoms with Gasteiger partial charge in [-0.25, -0.2) is 0 Å². The minimum atomic E-state index is 0.142. The summed E-state index contributed by atoms with van der Waals surface area (Å²) in [7, 11) is 0. The first kappa shape index (κ1) is 24.0. The molecule has 8 heteroatoms. The third-order valence-electron chi connectivity index (χ3n) is 7.83. The van der Waals surface area contributed by atoms with E-state index < -0.39 is 0 Å². The molecule has 8 nitrogen and oxygen atoms in total. The maximum Gasteiger partial charge on any atom is 0.219 e. The Morgan fingerprint density at radius 3 is 2.60 bits per heavy atom. The summed E-state index contributed by atoms with van der Waals surface area (Å²) in [4.78, 5) is 25.7. The van der Waals surface area contributed by atoms with Crippen LogP contribution in [0.2, 0.25) is 0 Å². The largest absolute Gasteiger partial charge is 0.370 e. The lowest BCUT2D eigenvalue weighted by Crippen LogP contribution is -2.56. The number of pyridine rings is 1. The van der Waals surface area contributed by atoms with Gasteiger partial charge in [-0.15, -0.1) is 0 Å². The van der Waals surface area contributed by atoms with Crippen LogP contribution < -0.4 is 4.90 Å². The molecule has 0 N–H and O–H groups in total. The predicted octanol–water partition coefficient (Wildman–Crippen LogP) is 2.33. The fourth-order valence-corrected chi connectivity index (χ4v) is 6.01. The number of fused-ring (bicyclic) bond motifs is 1. The zero-order valence-corrected chi connectivity index (χ0v) is 20.9. The standard InChI is InChI=1S/C27H36N6O2/c1-20-17-33(26-6-5-22(16-28)27-25(26)4-3-9-29-27)19-24(35-20)18-30-12-14-32(15-13-30)23-7-10-31(11-8-23)21(2)34/h3-6,9,20,23-24H,7-8,10-15,17-19H2,1-2H3/t20-,24-/m1/s1. The Bertz CT molecular complexity index is 1080. The molecule has 186 valence electrons. The highest BCUT2D eigenvalue weighted by Crippen LogP contribution is 2.30. The van der Waals surface area contributed by atoms with Crippen molar-refractivity contribution in [1.29, 1.82) is 5.26 Å². The molecule has 0 unspecified atom stereocenters. The molecule has 0 saturated carbocycles. The van der Waals surface area contributed by atoms with Crippen LogP contribution in [0.4, 0.5) is 5.69 Å². The van der Waals surface area contributed by atoms with Gasteiger partial charge in [0.05, 0.1) is 23.3 Å². The van der Waals surface area contributed by atoms with Crippen LogP contribution in [0.25, 0.3) is 10.9 Å². The van der Waals surface area contributed by atoms with Crippen LogP contribution in [0, 0.1) is 11.3 Å². The zero-order chi connectivity index (χ0) is 24.4. The monoisotopic (exact) mass is 476 g/mol. The molecule has 5 rings (SSSR count). The number of likely N-dealkylation sites (tertiary alicyclic amines) is 1. The average molecular weight is 477 g/mol. The fourth-order valence-electron chi connectivity index (χ4n) is 6.01. The first-order valence-corrected chi connectivity index (χ1v) is 12.9. The van der Waals surface area contributed by atoms with E-state index in [4.69, 9.17) is 4.74 Å². The van der Waals surface area contributed by atoms with E-state index in [2.05, 4.69) is 44.8 Å². The fraction of sp³-hybridized carbons (Fsp3) is 0.593. The average Bonchev–Trinajstić information content (AvgIpc) is 2.88. The van der Waals surface area contributed by atoms with E-state index in [1.165, 1.54) is 0 Å². The molecular weight excluding hydrogens is 440 g/mol. The Balaban J connectivity index is 1.19. The van der Waals surface area contributed by atoms with Gasteiger partial charge in [0.2, 0.25) is 5.91 Å². The van der Waals surface area contributed by atoms with Crippen molar-refractivity contribution >= 4 is 22.5 Å². The molecule has 0 spiro atoms. The van der Waals surface area contributed by atoms with Crippen LogP contribution in [-0.4, -0.2) is 103 Å². The summed E-state index contributed by atoms with van der Waals surface area (Å²) >= 11 is 0. The van der Waals surface area contributed by atoms with Crippen LogP contribution in [0.3, 0.4) is 0 Å². The minimum absolute atomic E-state index is 0.142. The van der Waals surface area contributed by atoms with Crippen molar-refractivity contribution in [3.05, 3.63) is 36.0 Å². The van der Waals surface area contributed by atoms with E-state index in [-0.39, 0.29) is 18.1 Å². The van der Waals surface area contributed by atoms with E-state index in [9.17, 15) is 10.1 Å². The summed E-state index contributed by atoms with van der Waals surface area (Å²) in [6.07, 6.45) is 4.22. The van der Waals surface area contributed by atoms with Gasteiger partial charge < -0.3 is 14.5 Å². The second-order valence-corrected chi connectivity index (χ2v) is 10.2. The van der Waals surface area contributed by atoms with Gasteiger partial charge in [0.15, 0.2) is 0 Å². The molecule has 35 heavy (non-hydrogen) atoms. The molecule has 0 bridgehead atoms. The second-order valence-electron chi connectivity index (χ2n) is 10.2. The number of nitrogens with zero attached hydrogens (tertiary/aromatic N) is 6. The van der Waals surface area contributed by atoms with E-state index in [0.717, 1.165) is 88.3 Å². The molecule has 0 aliphatic carbocycles. The Hall–Kier alpha value is -2.73. The van der Waals surface area contributed by atoms with E-state index in [1.807, 2.05) is 17.0 Å². The predicted molar refractivity (Wildman–Crippen MR) is 136 cm³/mol. The molecular formula is C27H36N6O2. The molecule has 4 heterocycles. The van der Waals surface area contributed by atoms with Gasteiger partial charge in [-0.3, -0.25) is 19.6 Å². The number of carbonyl (C=O) groups excluding carboxylic acids is 1. The summed E-state index contributed by atoms with van der Waals surface area (Å²) < 4.78 is 6.37. The van der Waals surface area contributed by atoms with Crippen LogP contribution in [0.5, 0.6) is 0 Å². The smallest absolute Gasteiger partial charge is 0.219 e. The first-order chi connectivity index (χ1) is 17.0. The summed E-state index contributed by atoms with van der Waals surface area (Å²) in [5, 5.41) is 10.5. The van der Waals surface area contributed by atoms with Crippen molar-refractivity contribution in [2.24, 2.45) is 0 Å². The number of piperazine rings is 1. The number of hydrogen-bond donors (Lipinski definition) is 0. The number of amides is 1. The number of nitriles is 1. The SMILES string of the molecule is CC(=O)N1CCC(N2CCN(C[C@@H]3CN(c4ccc(C#N)c5ncccc45)C[C@@H](C)O3)CC2)CC1. The number of rotatable bonds is 4. The van der Waals surface area contributed by atoms with Crippen molar-refractivity contribution < 1.29 is 9.53 Å². The summed E-state index contributed by atoms with van der Waals surface area (Å²) in [6, 6.07) is 10.8. The summed E-state index contributed by atoms with van der Waals surface area (Å²) in [6.45, 7) is 12.5. The van der Waals surface area contributed by atoms with E-state index in [1.54, 1.807) is 13.1 Å². The first-order valence-electron chi connectivity index (χ1n) is 12.9. The third-order valence-corrected chi connectivity index (χ3v) is 7.83. The maximum atomic E-state index is 11.6. The lowest BCUT2D eigenvalue weighted by molar-refractivity contribution is -0.130.